The Kier molecular flexibility index (Phi) is 8.54. The van der Waals surface area contributed by atoms with Crippen LogP contribution in [-0.4, -0.2) is 43.0 Å². The Labute approximate surface area is 229 Å². The average molecular weight is 521 g/mol. The highest BCUT2D eigenvalue weighted by molar-refractivity contribution is 5.94. The summed E-state index contributed by atoms with van der Waals surface area (Å²) < 4.78 is 11.7. The van der Waals surface area contributed by atoms with Crippen molar-refractivity contribution in [2.45, 2.75) is 19.6 Å². The zero-order valence-corrected chi connectivity index (χ0v) is 21.9. The molecule has 5 rings (SSSR count). The maximum Gasteiger partial charge on any atom is 0.342 e. The fraction of sp³-hybridized carbons (Fsp3) is 0.212. The summed E-state index contributed by atoms with van der Waals surface area (Å²) in [6.45, 7) is 3.16. The van der Waals surface area contributed by atoms with Crippen molar-refractivity contribution >= 4 is 17.6 Å². The third-order valence-electron chi connectivity index (χ3n) is 6.83. The Hall–Kier alpha value is -4.58. The van der Waals surface area contributed by atoms with Gasteiger partial charge >= 0.3 is 5.97 Å². The Morgan fingerprint density at radius 2 is 1.21 bits per heavy atom. The lowest BCUT2D eigenvalue weighted by Gasteiger charge is -2.36. The van der Waals surface area contributed by atoms with E-state index in [1.807, 2.05) is 114 Å². The van der Waals surface area contributed by atoms with Crippen molar-refractivity contribution in [1.29, 1.82) is 0 Å². The van der Waals surface area contributed by atoms with E-state index in [1.165, 1.54) is 0 Å². The van der Waals surface area contributed by atoms with E-state index in [1.54, 1.807) is 0 Å². The van der Waals surface area contributed by atoms with E-state index in [-0.39, 0.29) is 12.5 Å². The summed E-state index contributed by atoms with van der Waals surface area (Å²) in [4.78, 5) is 30.1. The van der Waals surface area contributed by atoms with E-state index in [0.717, 1.165) is 22.4 Å². The number of rotatable bonds is 9. The molecule has 198 valence electrons. The van der Waals surface area contributed by atoms with Crippen LogP contribution in [0.5, 0.6) is 5.75 Å². The molecule has 0 saturated carbocycles. The molecule has 0 radical (unpaired) electrons. The number of anilines is 1. The molecule has 0 unspecified atom stereocenters. The third-order valence-corrected chi connectivity index (χ3v) is 6.83. The highest BCUT2D eigenvalue weighted by Gasteiger charge is 2.23. The predicted molar refractivity (Wildman–Crippen MR) is 152 cm³/mol. The van der Waals surface area contributed by atoms with E-state index in [2.05, 4.69) is 4.90 Å². The van der Waals surface area contributed by atoms with Gasteiger partial charge in [-0.3, -0.25) is 4.79 Å². The molecule has 39 heavy (non-hydrogen) atoms. The molecule has 1 saturated heterocycles. The first-order valence-electron chi connectivity index (χ1n) is 13.2. The minimum absolute atomic E-state index is 0.135. The summed E-state index contributed by atoms with van der Waals surface area (Å²) in [6.07, 6.45) is 0.408. The lowest BCUT2D eigenvalue weighted by Crippen LogP contribution is -2.49. The van der Waals surface area contributed by atoms with Gasteiger partial charge < -0.3 is 19.3 Å². The summed E-state index contributed by atoms with van der Waals surface area (Å²) in [5.41, 5.74) is 4.26. The van der Waals surface area contributed by atoms with E-state index in [9.17, 15) is 9.59 Å². The van der Waals surface area contributed by atoms with Crippen LogP contribution in [0.25, 0.3) is 0 Å². The molecule has 0 spiro atoms. The fourth-order valence-electron chi connectivity index (χ4n) is 4.63. The van der Waals surface area contributed by atoms with Gasteiger partial charge in [-0.05, 0) is 34.9 Å². The molecule has 1 amide bonds. The van der Waals surface area contributed by atoms with Gasteiger partial charge in [0.15, 0.2) is 0 Å². The molecular weight excluding hydrogens is 488 g/mol. The number of piperazine rings is 1. The van der Waals surface area contributed by atoms with Crippen LogP contribution in [0, 0.1) is 0 Å². The summed E-state index contributed by atoms with van der Waals surface area (Å²) in [6, 6.07) is 34.9. The summed E-state index contributed by atoms with van der Waals surface area (Å²) >= 11 is 0. The normalized spacial score (nSPS) is 13.1. The number of carbonyl (C=O) groups is 2. The van der Waals surface area contributed by atoms with Crippen LogP contribution in [-0.2, 0) is 29.2 Å². The van der Waals surface area contributed by atoms with Crippen LogP contribution in [0.15, 0.2) is 109 Å². The topological polar surface area (TPSA) is 59.1 Å². The molecule has 6 nitrogen and oxygen atoms in total. The number of nitrogens with zero attached hydrogens (tertiary/aromatic N) is 2. The van der Waals surface area contributed by atoms with Gasteiger partial charge in [0.2, 0.25) is 5.91 Å². The molecule has 4 aromatic carbocycles. The van der Waals surface area contributed by atoms with Gasteiger partial charge in [0.25, 0.3) is 0 Å². The van der Waals surface area contributed by atoms with E-state index >= 15 is 0 Å². The Morgan fingerprint density at radius 1 is 0.641 bits per heavy atom. The Balaban J connectivity index is 1.27. The highest BCUT2D eigenvalue weighted by atomic mass is 16.5. The SMILES string of the molecule is O=C(OCc1ccccc1)c1cc(N2CCN(C(=O)Cc3ccccc3)CC2)ccc1OCc1ccccc1. The molecule has 6 heteroatoms. The fourth-order valence-corrected chi connectivity index (χ4v) is 4.63. The largest absolute Gasteiger partial charge is 0.488 e. The maximum absolute atomic E-state index is 13.2. The number of ether oxygens (including phenoxy) is 2. The molecule has 0 bridgehead atoms. The minimum atomic E-state index is -0.430. The third kappa shape index (κ3) is 7.05. The van der Waals surface area contributed by atoms with E-state index in [0.29, 0.717) is 50.5 Å². The molecule has 1 aliphatic heterocycles. The van der Waals surface area contributed by atoms with Gasteiger partial charge in [0.1, 0.15) is 24.5 Å². The van der Waals surface area contributed by atoms with Gasteiger partial charge in [-0.25, -0.2) is 4.79 Å². The van der Waals surface area contributed by atoms with Gasteiger partial charge in [-0.1, -0.05) is 91.0 Å². The summed E-state index contributed by atoms with van der Waals surface area (Å²) in [7, 11) is 0. The second kappa shape index (κ2) is 12.8. The zero-order valence-electron chi connectivity index (χ0n) is 21.9. The summed E-state index contributed by atoms with van der Waals surface area (Å²) in [5, 5.41) is 0. The van der Waals surface area contributed by atoms with Crippen molar-refractivity contribution in [2.75, 3.05) is 31.1 Å². The first-order chi connectivity index (χ1) is 19.2. The number of benzene rings is 4. The first-order valence-corrected chi connectivity index (χ1v) is 13.2. The monoisotopic (exact) mass is 520 g/mol. The van der Waals surface area contributed by atoms with Crippen molar-refractivity contribution in [2.24, 2.45) is 0 Å². The molecule has 0 N–H and O–H groups in total. The molecule has 0 atom stereocenters. The predicted octanol–water partition coefficient (Wildman–Crippen LogP) is 5.51. The van der Waals surface area contributed by atoms with Crippen LogP contribution in [0.1, 0.15) is 27.0 Å². The first kappa shape index (κ1) is 26.0. The van der Waals surface area contributed by atoms with Gasteiger partial charge in [-0.2, -0.15) is 0 Å². The van der Waals surface area contributed by atoms with Gasteiger partial charge in [0.05, 0.1) is 6.42 Å². The average Bonchev–Trinajstić information content (AvgIpc) is 3.00. The van der Waals surface area contributed by atoms with Crippen molar-refractivity contribution in [3.05, 3.63) is 131 Å². The zero-order chi connectivity index (χ0) is 26.9. The molecule has 0 aliphatic carbocycles. The lowest BCUT2D eigenvalue weighted by atomic mass is 10.1. The van der Waals surface area contributed by atoms with Crippen molar-refractivity contribution < 1.29 is 19.1 Å². The smallest absolute Gasteiger partial charge is 0.342 e. The number of hydrogen-bond acceptors (Lipinski definition) is 5. The molecule has 1 fully saturated rings. The standard InChI is InChI=1S/C33H32N2O4/c36-32(22-26-10-4-1-5-11-26)35-20-18-34(19-21-35)29-16-17-31(38-24-27-12-6-2-7-13-27)30(23-29)33(37)39-25-28-14-8-3-9-15-28/h1-17,23H,18-22,24-25H2. The molecule has 1 aliphatic rings. The van der Waals surface area contributed by atoms with Gasteiger partial charge in [-0.15, -0.1) is 0 Å². The van der Waals surface area contributed by atoms with Crippen LogP contribution >= 0.6 is 0 Å². The van der Waals surface area contributed by atoms with Crippen LogP contribution in [0.4, 0.5) is 5.69 Å². The van der Waals surface area contributed by atoms with Gasteiger partial charge in [0, 0.05) is 31.9 Å². The molecule has 4 aromatic rings. The van der Waals surface area contributed by atoms with Crippen molar-refractivity contribution in [3.8, 4) is 5.75 Å². The van der Waals surface area contributed by atoms with E-state index < -0.39 is 5.97 Å². The summed E-state index contributed by atoms with van der Waals surface area (Å²) in [5.74, 6) is 0.188. The number of hydrogen-bond donors (Lipinski definition) is 0. The Bertz CT molecular complexity index is 1370. The van der Waals surface area contributed by atoms with E-state index in [4.69, 9.17) is 9.47 Å². The number of carbonyl (C=O) groups excluding carboxylic acids is 2. The quantitative estimate of drug-likeness (QED) is 0.272. The number of esters is 1. The number of amides is 1. The highest BCUT2D eigenvalue weighted by Crippen LogP contribution is 2.28. The second-order valence-corrected chi connectivity index (χ2v) is 9.55. The van der Waals surface area contributed by atoms with Crippen LogP contribution < -0.4 is 9.64 Å². The Morgan fingerprint density at radius 3 is 1.82 bits per heavy atom. The second-order valence-electron chi connectivity index (χ2n) is 9.55. The van der Waals surface area contributed by atoms with Crippen molar-refractivity contribution in [3.63, 3.8) is 0 Å². The lowest BCUT2D eigenvalue weighted by molar-refractivity contribution is -0.130. The minimum Gasteiger partial charge on any atom is -0.488 e. The molecule has 1 heterocycles. The maximum atomic E-state index is 13.2. The molecular formula is C33H32N2O4. The van der Waals surface area contributed by atoms with Crippen LogP contribution in [0.3, 0.4) is 0 Å². The molecule has 0 aromatic heterocycles. The van der Waals surface area contributed by atoms with Crippen LogP contribution in [0.2, 0.25) is 0 Å². The van der Waals surface area contributed by atoms with Crippen molar-refractivity contribution in [1.82, 2.24) is 4.90 Å².